The SMILES string of the molecule is Cc1cc(/C=C2\C(=O)NC(=O)N(c3ccccc3)C2=O)c(-c2ccccc2)n1-c1ccccc1. The third-order valence-corrected chi connectivity index (χ3v) is 5.69. The number of amides is 4. The molecule has 0 saturated carbocycles. The Balaban J connectivity index is 1.68. The van der Waals surface area contributed by atoms with Crippen LogP contribution in [0.4, 0.5) is 10.5 Å². The van der Waals surface area contributed by atoms with E-state index in [1.54, 1.807) is 36.4 Å². The number of para-hydroxylation sites is 2. The number of aromatic nitrogens is 1. The van der Waals surface area contributed by atoms with E-state index in [1.807, 2.05) is 73.7 Å². The lowest BCUT2D eigenvalue weighted by Crippen LogP contribution is -2.54. The summed E-state index contributed by atoms with van der Waals surface area (Å²) >= 11 is 0. The van der Waals surface area contributed by atoms with E-state index in [4.69, 9.17) is 0 Å². The fourth-order valence-corrected chi connectivity index (χ4v) is 4.20. The van der Waals surface area contributed by atoms with E-state index in [9.17, 15) is 14.4 Å². The lowest BCUT2D eigenvalue weighted by atomic mass is 10.0. The summed E-state index contributed by atoms with van der Waals surface area (Å²) in [7, 11) is 0. The van der Waals surface area contributed by atoms with Gasteiger partial charge >= 0.3 is 6.03 Å². The molecule has 2 heterocycles. The summed E-state index contributed by atoms with van der Waals surface area (Å²) in [4.78, 5) is 39.6. The molecule has 0 atom stereocenters. The van der Waals surface area contributed by atoms with Crippen molar-refractivity contribution in [3.05, 3.63) is 114 Å². The van der Waals surface area contributed by atoms with Crippen LogP contribution in [0.2, 0.25) is 0 Å². The number of aryl methyl sites for hydroxylation is 1. The fraction of sp³-hybridized carbons (Fsp3) is 0.0357. The minimum absolute atomic E-state index is 0.106. The van der Waals surface area contributed by atoms with Gasteiger partial charge in [0, 0.05) is 16.9 Å². The molecule has 0 radical (unpaired) electrons. The van der Waals surface area contributed by atoms with Gasteiger partial charge in [-0.1, -0.05) is 66.7 Å². The van der Waals surface area contributed by atoms with Gasteiger partial charge in [0.05, 0.1) is 11.4 Å². The van der Waals surface area contributed by atoms with Crippen LogP contribution in [0.15, 0.2) is 103 Å². The predicted octanol–water partition coefficient (Wildman–Crippen LogP) is 5.12. The van der Waals surface area contributed by atoms with Crippen LogP contribution in [0.1, 0.15) is 11.3 Å². The normalized spacial score (nSPS) is 15.0. The second kappa shape index (κ2) is 8.67. The summed E-state index contributed by atoms with van der Waals surface area (Å²) < 4.78 is 2.09. The first-order valence-electron chi connectivity index (χ1n) is 10.8. The number of rotatable bonds is 4. The second-order valence-electron chi connectivity index (χ2n) is 7.92. The van der Waals surface area contributed by atoms with Crippen LogP contribution in [-0.2, 0) is 9.59 Å². The van der Waals surface area contributed by atoms with Crippen LogP contribution >= 0.6 is 0 Å². The van der Waals surface area contributed by atoms with Crippen molar-refractivity contribution in [1.82, 2.24) is 9.88 Å². The predicted molar refractivity (Wildman–Crippen MR) is 131 cm³/mol. The number of barbiturate groups is 1. The topological polar surface area (TPSA) is 71.4 Å². The van der Waals surface area contributed by atoms with Gasteiger partial charge in [0.25, 0.3) is 11.8 Å². The molecule has 1 aliphatic heterocycles. The third kappa shape index (κ3) is 3.71. The highest BCUT2D eigenvalue weighted by Gasteiger charge is 2.37. The number of carbonyl (C=O) groups excluding carboxylic acids is 3. The molecule has 6 heteroatoms. The Kier molecular flexibility index (Phi) is 5.40. The zero-order valence-corrected chi connectivity index (χ0v) is 18.4. The van der Waals surface area contributed by atoms with Gasteiger partial charge in [0.2, 0.25) is 0 Å². The summed E-state index contributed by atoms with van der Waals surface area (Å²) in [5, 5.41) is 2.29. The lowest BCUT2D eigenvalue weighted by molar-refractivity contribution is -0.122. The van der Waals surface area contributed by atoms with Crippen LogP contribution < -0.4 is 10.2 Å². The van der Waals surface area contributed by atoms with Gasteiger partial charge in [0.1, 0.15) is 5.57 Å². The van der Waals surface area contributed by atoms with Gasteiger partial charge < -0.3 is 4.57 Å². The van der Waals surface area contributed by atoms with E-state index in [-0.39, 0.29) is 5.57 Å². The molecule has 3 aromatic carbocycles. The van der Waals surface area contributed by atoms with Crippen molar-refractivity contribution in [1.29, 1.82) is 0 Å². The maximum absolute atomic E-state index is 13.3. The molecule has 0 spiro atoms. The van der Waals surface area contributed by atoms with E-state index in [2.05, 4.69) is 9.88 Å². The standard InChI is InChI=1S/C28H21N3O3/c1-19-17-21(25(20-11-5-2-6-12-20)30(19)22-13-7-3-8-14-22)18-24-26(32)29-28(34)31(27(24)33)23-15-9-4-10-16-23/h2-18H,1H3,(H,29,32,34)/b24-18+. The number of urea groups is 1. The molecule has 1 aliphatic rings. The largest absolute Gasteiger partial charge is 0.335 e. The van der Waals surface area contributed by atoms with Crippen molar-refractivity contribution in [2.24, 2.45) is 0 Å². The summed E-state index contributed by atoms with van der Waals surface area (Å²) in [6, 6.07) is 29.4. The van der Waals surface area contributed by atoms with Crippen LogP contribution in [0, 0.1) is 6.92 Å². The molecule has 1 saturated heterocycles. The number of hydrogen-bond donors (Lipinski definition) is 1. The van der Waals surface area contributed by atoms with Crippen molar-refractivity contribution in [3.63, 3.8) is 0 Å². The van der Waals surface area contributed by atoms with Crippen molar-refractivity contribution in [2.45, 2.75) is 6.92 Å². The highest BCUT2D eigenvalue weighted by atomic mass is 16.2. The quantitative estimate of drug-likeness (QED) is 0.349. The Labute approximate surface area is 196 Å². The van der Waals surface area contributed by atoms with Gasteiger partial charge in [-0.15, -0.1) is 0 Å². The van der Waals surface area contributed by atoms with Gasteiger partial charge in [-0.3, -0.25) is 14.9 Å². The molecule has 0 unspecified atom stereocenters. The summed E-state index contributed by atoms with van der Waals surface area (Å²) in [5.74, 6) is -1.38. The fourth-order valence-electron chi connectivity index (χ4n) is 4.20. The van der Waals surface area contributed by atoms with Crippen LogP contribution in [0.3, 0.4) is 0 Å². The minimum atomic E-state index is -0.764. The zero-order chi connectivity index (χ0) is 23.7. The Morgan fingerprint density at radius 2 is 1.29 bits per heavy atom. The number of nitrogens with one attached hydrogen (secondary N) is 1. The first kappa shape index (κ1) is 21.2. The monoisotopic (exact) mass is 447 g/mol. The number of carbonyl (C=O) groups is 3. The Morgan fingerprint density at radius 1 is 0.735 bits per heavy atom. The number of benzene rings is 3. The van der Waals surface area contributed by atoms with Crippen molar-refractivity contribution >= 4 is 29.6 Å². The minimum Gasteiger partial charge on any atom is -0.313 e. The lowest BCUT2D eigenvalue weighted by Gasteiger charge is -2.26. The Morgan fingerprint density at radius 3 is 1.91 bits per heavy atom. The maximum atomic E-state index is 13.3. The number of hydrogen-bond acceptors (Lipinski definition) is 3. The third-order valence-electron chi connectivity index (χ3n) is 5.69. The van der Waals surface area contributed by atoms with Crippen molar-refractivity contribution in [2.75, 3.05) is 4.90 Å². The average Bonchev–Trinajstić information content (AvgIpc) is 3.19. The molecule has 34 heavy (non-hydrogen) atoms. The highest BCUT2D eigenvalue weighted by Crippen LogP contribution is 2.33. The van der Waals surface area contributed by atoms with Crippen LogP contribution in [0.25, 0.3) is 23.0 Å². The molecule has 4 amide bonds. The van der Waals surface area contributed by atoms with E-state index in [1.165, 1.54) is 0 Å². The molecule has 5 rings (SSSR count). The van der Waals surface area contributed by atoms with Gasteiger partial charge in [-0.2, -0.15) is 0 Å². The molecule has 0 bridgehead atoms. The van der Waals surface area contributed by atoms with E-state index >= 15 is 0 Å². The smallest absolute Gasteiger partial charge is 0.313 e. The van der Waals surface area contributed by atoms with Gasteiger partial charge in [0.15, 0.2) is 0 Å². The number of anilines is 1. The first-order valence-corrected chi connectivity index (χ1v) is 10.8. The van der Waals surface area contributed by atoms with Crippen LogP contribution in [-0.4, -0.2) is 22.4 Å². The molecule has 6 nitrogen and oxygen atoms in total. The van der Waals surface area contributed by atoms with E-state index in [0.717, 1.165) is 27.5 Å². The number of imide groups is 2. The second-order valence-corrected chi connectivity index (χ2v) is 7.92. The van der Waals surface area contributed by atoms with Crippen LogP contribution in [0.5, 0.6) is 0 Å². The Bertz CT molecular complexity index is 1420. The van der Waals surface area contributed by atoms with E-state index < -0.39 is 17.8 Å². The zero-order valence-electron chi connectivity index (χ0n) is 18.4. The van der Waals surface area contributed by atoms with Gasteiger partial charge in [-0.05, 0) is 48.9 Å². The van der Waals surface area contributed by atoms with Crippen molar-refractivity contribution < 1.29 is 14.4 Å². The Hall–Kier alpha value is -4.71. The molecule has 0 aliphatic carbocycles. The molecule has 4 aromatic rings. The maximum Gasteiger partial charge on any atom is 0.335 e. The molecule has 1 N–H and O–H groups in total. The first-order chi connectivity index (χ1) is 16.5. The molecular weight excluding hydrogens is 426 g/mol. The highest BCUT2D eigenvalue weighted by molar-refractivity contribution is 6.39. The van der Waals surface area contributed by atoms with E-state index in [0.29, 0.717) is 11.3 Å². The number of nitrogens with zero attached hydrogens (tertiary/aromatic N) is 2. The summed E-state index contributed by atoms with van der Waals surface area (Å²) in [6.45, 7) is 1.98. The molecule has 1 aromatic heterocycles. The molecular formula is C28H21N3O3. The average molecular weight is 447 g/mol. The summed E-state index contributed by atoms with van der Waals surface area (Å²) in [5.41, 5.74) is 4.68. The van der Waals surface area contributed by atoms with Crippen molar-refractivity contribution in [3.8, 4) is 16.9 Å². The molecule has 1 fully saturated rings. The summed E-state index contributed by atoms with van der Waals surface area (Å²) in [6.07, 6.45) is 1.56. The molecule has 166 valence electrons. The van der Waals surface area contributed by atoms with Gasteiger partial charge in [-0.25, -0.2) is 9.69 Å².